The number of anilines is 1. The molecule has 8 nitrogen and oxygen atoms in total. The molecule has 3 rings (SSSR count). The van der Waals surface area contributed by atoms with Gasteiger partial charge < -0.3 is 9.84 Å². The van der Waals surface area contributed by atoms with Crippen LogP contribution in [0.2, 0.25) is 0 Å². The zero-order valence-corrected chi connectivity index (χ0v) is 19.1. The highest BCUT2D eigenvalue weighted by molar-refractivity contribution is 9.10. The maximum absolute atomic E-state index is 12.4. The minimum Gasteiger partial charge on any atom is -0.503 e. The summed E-state index contributed by atoms with van der Waals surface area (Å²) >= 11 is 3.21. The zero-order chi connectivity index (χ0) is 22.6. The van der Waals surface area contributed by atoms with Gasteiger partial charge in [0.2, 0.25) is 10.0 Å². The SMILES string of the molecule is COc1cc(/C=N\NC(=O)CN(c2cccc3ccccc23)S(C)(=O)=O)cc(Br)c1O. The van der Waals surface area contributed by atoms with Crippen LogP contribution in [-0.4, -0.2) is 45.6 Å². The van der Waals surface area contributed by atoms with Crippen molar-refractivity contribution in [2.45, 2.75) is 0 Å². The van der Waals surface area contributed by atoms with Crippen LogP contribution in [-0.2, 0) is 14.8 Å². The standard InChI is InChI=1S/C21H20BrN3O5S/c1-30-19-11-14(10-17(22)21(19)27)12-23-24-20(26)13-25(31(2,28)29)18-9-5-7-15-6-3-4-8-16(15)18/h3-12,27H,13H2,1-2H3,(H,24,26)/b23-12-. The van der Waals surface area contributed by atoms with Crippen LogP contribution in [0, 0.1) is 0 Å². The summed E-state index contributed by atoms with van der Waals surface area (Å²) in [5.41, 5.74) is 3.29. The molecule has 0 saturated carbocycles. The number of carbonyl (C=O) groups excluding carboxylic acids is 1. The summed E-state index contributed by atoms with van der Waals surface area (Å²) in [4.78, 5) is 12.4. The van der Waals surface area contributed by atoms with Crippen molar-refractivity contribution < 1.29 is 23.1 Å². The van der Waals surface area contributed by atoms with E-state index < -0.39 is 22.5 Å². The van der Waals surface area contributed by atoms with Gasteiger partial charge in [-0.3, -0.25) is 9.10 Å². The maximum atomic E-state index is 12.4. The summed E-state index contributed by atoms with van der Waals surface area (Å²) in [5.74, 6) is -0.427. The lowest BCUT2D eigenvalue weighted by molar-refractivity contribution is -0.119. The van der Waals surface area contributed by atoms with Gasteiger partial charge in [-0.1, -0.05) is 36.4 Å². The molecule has 0 bridgehead atoms. The van der Waals surface area contributed by atoms with Crippen molar-refractivity contribution in [2.75, 3.05) is 24.2 Å². The summed E-state index contributed by atoms with van der Waals surface area (Å²) in [5, 5.41) is 15.3. The van der Waals surface area contributed by atoms with Crippen molar-refractivity contribution in [1.29, 1.82) is 0 Å². The van der Waals surface area contributed by atoms with E-state index in [1.54, 1.807) is 30.3 Å². The molecule has 0 saturated heterocycles. The largest absolute Gasteiger partial charge is 0.503 e. The van der Waals surface area contributed by atoms with Gasteiger partial charge in [0.25, 0.3) is 5.91 Å². The first kappa shape index (κ1) is 22.6. The van der Waals surface area contributed by atoms with Gasteiger partial charge >= 0.3 is 0 Å². The molecule has 0 radical (unpaired) electrons. The molecule has 31 heavy (non-hydrogen) atoms. The molecule has 0 aromatic heterocycles. The van der Waals surface area contributed by atoms with Gasteiger partial charge in [-0.15, -0.1) is 0 Å². The molecule has 0 aliphatic rings. The van der Waals surface area contributed by atoms with Crippen molar-refractivity contribution in [3.05, 3.63) is 64.6 Å². The van der Waals surface area contributed by atoms with Gasteiger partial charge in [-0.25, -0.2) is 13.8 Å². The van der Waals surface area contributed by atoms with Crippen LogP contribution in [0.1, 0.15) is 5.56 Å². The first-order valence-corrected chi connectivity index (χ1v) is 11.7. The molecule has 0 aliphatic carbocycles. The molecule has 0 heterocycles. The number of amides is 1. The topological polar surface area (TPSA) is 108 Å². The molecule has 0 atom stereocenters. The molecule has 162 valence electrons. The second kappa shape index (κ2) is 9.36. The van der Waals surface area contributed by atoms with E-state index in [1.807, 2.05) is 18.2 Å². The quantitative estimate of drug-likeness (QED) is 0.378. The van der Waals surface area contributed by atoms with E-state index in [-0.39, 0.29) is 11.5 Å². The zero-order valence-electron chi connectivity index (χ0n) is 16.7. The van der Waals surface area contributed by atoms with Gasteiger partial charge in [0.15, 0.2) is 11.5 Å². The number of ether oxygens (including phenoxy) is 1. The fourth-order valence-electron chi connectivity index (χ4n) is 2.98. The Kier molecular flexibility index (Phi) is 6.81. The highest BCUT2D eigenvalue weighted by Gasteiger charge is 2.22. The average molecular weight is 506 g/mol. The normalized spacial score (nSPS) is 11.6. The number of sulfonamides is 1. The molecule has 1 amide bonds. The monoisotopic (exact) mass is 505 g/mol. The second-order valence-electron chi connectivity index (χ2n) is 6.61. The molecule has 3 aromatic carbocycles. The average Bonchev–Trinajstić information content (AvgIpc) is 2.73. The van der Waals surface area contributed by atoms with Gasteiger partial charge in [-0.05, 0) is 45.1 Å². The number of hydrogen-bond donors (Lipinski definition) is 2. The number of phenols is 1. The van der Waals surface area contributed by atoms with Crippen molar-refractivity contribution in [2.24, 2.45) is 5.10 Å². The van der Waals surface area contributed by atoms with E-state index in [4.69, 9.17) is 4.74 Å². The Morgan fingerprint density at radius 3 is 2.65 bits per heavy atom. The molecule has 0 aliphatic heterocycles. The molecule has 0 fully saturated rings. The van der Waals surface area contributed by atoms with E-state index in [9.17, 15) is 18.3 Å². The number of hydrazone groups is 1. The third-order valence-corrected chi connectivity index (χ3v) is 6.13. The Bertz CT molecular complexity index is 1260. The van der Waals surface area contributed by atoms with Crippen molar-refractivity contribution in [3.8, 4) is 11.5 Å². The molecular formula is C21H20BrN3O5S. The molecular weight excluding hydrogens is 486 g/mol. The van der Waals surface area contributed by atoms with E-state index in [1.165, 1.54) is 19.4 Å². The Morgan fingerprint density at radius 1 is 1.23 bits per heavy atom. The number of nitrogens with one attached hydrogen (secondary N) is 1. The van der Waals surface area contributed by atoms with Crippen molar-refractivity contribution in [1.82, 2.24) is 5.43 Å². The van der Waals surface area contributed by atoms with Crippen LogP contribution in [0.5, 0.6) is 11.5 Å². The number of carbonyl (C=O) groups is 1. The third-order valence-electron chi connectivity index (χ3n) is 4.40. The molecule has 0 unspecified atom stereocenters. The second-order valence-corrected chi connectivity index (χ2v) is 9.38. The third kappa shape index (κ3) is 5.33. The number of aromatic hydroxyl groups is 1. The number of benzene rings is 3. The predicted molar refractivity (Wildman–Crippen MR) is 124 cm³/mol. The highest BCUT2D eigenvalue weighted by Crippen LogP contribution is 2.34. The maximum Gasteiger partial charge on any atom is 0.260 e. The number of halogens is 1. The summed E-state index contributed by atoms with van der Waals surface area (Å²) in [6.07, 6.45) is 2.40. The van der Waals surface area contributed by atoms with E-state index in [0.29, 0.717) is 21.1 Å². The number of fused-ring (bicyclic) bond motifs is 1. The Morgan fingerprint density at radius 2 is 1.94 bits per heavy atom. The van der Waals surface area contributed by atoms with Crippen molar-refractivity contribution in [3.63, 3.8) is 0 Å². The van der Waals surface area contributed by atoms with Crippen LogP contribution >= 0.6 is 15.9 Å². The van der Waals surface area contributed by atoms with E-state index >= 15 is 0 Å². The molecule has 10 heteroatoms. The lowest BCUT2D eigenvalue weighted by atomic mass is 10.1. The van der Waals surface area contributed by atoms with E-state index in [0.717, 1.165) is 15.9 Å². The minimum atomic E-state index is -3.73. The lowest BCUT2D eigenvalue weighted by Gasteiger charge is -2.23. The van der Waals surface area contributed by atoms with Crippen molar-refractivity contribution >= 4 is 54.5 Å². The van der Waals surface area contributed by atoms with Crippen LogP contribution in [0.25, 0.3) is 10.8 Å². The smallest absolute Gasteiger partial charge is 0.260 e. The van der Waals surface area contributed by atoms with Crippen LogP contribution in [0.15, 0.2) is 64.2 Å². The summed E-state index contributed by atoms with van der Waals surface area (Å²) < 4.78 is 31.3. The molecule has 3 aromatic rings. The lowest BCUT2D eigenvalue weighted by Crippen LogP contribution is -2.39. The first-order chi connectivity index (χ1) is 14.7. The predicted octanol–water partition coefficient (Wildman–Crippen LogP) is 3.23. The van der Waals surface area contributed by atoms with Gasteiger partial charge in [0.1, 0.15) is 6.54 Å². The van der Waals surface area contributed by atoms with Crippen LogP contribution in [0.4, 0.5) is 5.69 Å². The Labute approximate surface area is 188 Å². The first-order valence-electron chi connectivity index (χ1n) is 9.04. The fraction of sp³-hybridized carbons (Fsp3) is 0.143. The van der Waals surface area contributed by atoms with Crippen LogP contribution < -0.4 is 14.5 Å². The van der Waals surface area contributed by atoms with Gasteiger partial charge in [0, 0.05) is 5.39 Å². The number of hydrogen-bond acceptors (Lipinski definition) is 6. The fourth-order valence-corrected chi connectivity index (χ4v) is 4.30. The summed E-state index contributed by atoms with van der Waals surface area (Å²) in [7, 11) is -2.32. The van der Waals surface area contributed by atoms with Gasteiger partial charge in [-0.2, -0.15) is 5.10 Å². The summed E-state index contributed by atoms with van der Waals surface area (Å²) in [6.45, 7) is -0.438. The Balaban J connectivity index is 1.80. The summed E-state index contributed by atoms with van der Waals surface area (Å²) in [6, 6.07) is 15.7. The molecule has 2 N–H and O–H groups in total. The number of nitrogens with zero attached hydrogens (tertiary/aromatic N) is 2. The Hall–Kier alpha value is -3.11. The highest BCUT2D eigenvalue weighted by atomic mass is 79.9. The van der Waals surface area contributed by atoms with E-state index in [2.05, 4.69) is 26.5 Å². The number of methoxy groups -OCH3 is 1. The molecule has 0 spiro atoms. The van der Waals surface area contributed by atoms with Crippen LogP contribution in [0.3, 0.4) is 0 Å². The number of phenolic OH excluding ortho intramolecular Hbond substituents is 1. The minimum absolute atomic E-state index is 0.0532. The number of rotatable bonds is 7. The van der Waals surface area contributed by atoms with Gasteiger partial charge in [0.05, 0.1) is 29.7 Å².